The predicted octanol–water partition coefficient (Wildman–Crippen LogP) is 4.76. The highest BCUT2D eigenvalue weighted by Crippen LogP contribution is 2.27. The summed E-state index contributed by atoms with van der Waals surface area (Å²) in [7, 11) is 0. The Morgan fingerprint density at radius 3 is 2.40 bits per heavy atom. The number of hydrogen-bond acceptors (Lipinski definition) is 5. The minimum absolute atomic E-state index is 0.0236. The highest BCUT2D eigenvalue weighted by Gasteiger charge is 2.36. The van der Waals surface area contributed by atoms with Crippen molar-refractivity contribution in [2.45, 2.75) is 19.6 Å². The third-order valence-corrected chi connectivity index (χ3v) is 4.23. The molecule has 0 radical (unpaired) electrons. The maximum atomic E-state index is 13.1. The molecule has 0 N–H and O–H groups in total. The zero-order valence-electron chi connectivity index (χ0n) is 15.7. The second-order valence-corrected chi connectivity index (χ2v) is 6.45. The molecule has 0 aliphatic carbocycles. The Kier molecular flexibility index (Phi) is 5.86. The van der Waals surface area contributed by atoms with Gasteiger partial charge >= 0.3 is 6.18 Å². The fraction of sp³-hybridized carbons (Fsp3) is 0.200. The van der Waals surface area contributed by atoms with Crippen LogP contribution in [0.2, 0.25) is 0 Å². The largest absolute Gasteiger partial charge is 0.441 e. The van der Waals surface area contributed by atoms with Crippen molar-refractivity contribution in [1.82, 2.24) is 9.88 Å². The van der Waals surface area contributed by atoms with Crippen LogP contribution in [0.4, 0.5) is 18.9 Å². The maximum Gasteiger partial charge on any atom is 0.406 e. The average molecular weight is 419 g/mol. The van der Waals surface area contributed by atoms with Crippen molar-refractivity contribution in [3.63, 3.8) is 0 Å². The first-order valence-corrected chi connectivity index (χ1v) is 8.77. The molecule has 3 aromatic rings. The number of aromatic nitrogens is 1. The second-order valence-electron chi connectivity index (χ2n) is 6.45. The minimum atomic E-state index is -4.71. The zero-order valence-corrected chi connectivity index (χ0v) is 15.7. The monoisotopic (exact) mass is 419 g/mol. The minimum Gasteiger partial charge on any atom is -0.441 e. The molecule has 1 aromatic heterocycles. The second kappa shape index (κ2) is 8.36. The van der Waals surface area contributed by atoms with Gasteiger partial charge in [-0.1, -0.05) is 36.4 Å². The number of nitro groups is 1. The van der Waals surface area contributed by atoms with Crippen LogP contribution in [-0.2, 0) is 6.54 Å². The predicted molar refractivity (Wildman–Crippen MR) is 101 cm³/mol. The number of aryl methyl sites for hydroxylation is 1. The van der Waals surface area contributed by atoms with Crippen LogP contribution in [0.15, 0.2) is 59.0 Å². The highest BCUT2D eigenvalue weighted by atomic mass is 19.4. The number of para-hydroxylation sites is 1. The van der Waals surface area contributed by atoms with Gasteiger partial charge in [0.25, 0.3) is 11.6 Å². The third kappa shape index (κ3) is 4.83. The molecule has 1 amide bonds. The lowest BCUT2D eigenvalue weighted by Gasteiger charge is -2.23. The number of hydrogen-bond donors (Lipinski definition) is 0. The number of amides is 1. The number of halogens is 3. The molecule has 2 aromatic carbocycles. The van der Waals surface area contributed by atoms with E-state index < -0.39 is 30.1 Å². The number of nitrogens with zero attached hydrogens (tertiary/aromatic N) is 3. The summed E-state index contributed by atoms with van der Waals surface area (Å²) in [4.78, 5) is 27.9. The van der Waals surface area contributed by atoms with Gasteiger partial charge in [0.2, 0.25) is 5.89 Å². The molecule has 0 atom stereocenters. The summed E-state index contributed by atoms with van der Waals surface area (Å²) in [6.07, 6.45) is -4.71. The summed E-state index contributed by atoms with van der Waals surface area (Å²) in [6, 6.07) is 13.9. The summed E-state index contributed by atoms with van der Waals surface area (Å²) in [5.74, 6) is -0.892. The SMILES string of the molecule is Cc1oc(-c2ccccc2)nc1C(=O)N(Cc1ccccc1[N+](=O)[O-])CC(F)(F)F. The fourth-order valence-corrected chi connectivity index (χ4v) is 2.89. The Balaban J connectivity index is 1.96. The van der Waals surface area contributed by atoms with Crippen LogP contribution in [-0.4, -0.2) is 33.4 Å². The van der Waals surface area contributed by atoms with Crippen LogP contribution >= 0.6 is 0 Å². The Bertz CT molecular complexity index is 1060. The van der Waals surface area contributed by atoms with Gasteiger partial charge in [0.15, 0.2) is 5.69 Å². The van der Waals surface area contributed by atoms with Gasteiger partial charge in [-0.25, -0.2) is 4.98 Å². The van der Waals surface area contributed by atoms with Crippen molar-refractivity contribution in [1.29, 1.82) is 0 Å². The lowest BCUT2D eigenvalue weighted by molar-refractivity contribution is -0.385. The van der Waals surface area contributed by atoms with Crippen LogP contribution in [0, 0.1) is 17.0 Å². The van der Waals surface area contributed by atoms with Gasteiger partial charge in [0.05, 0.1) is 11.5 Å². The highest BCUT2D eigenvalue weighted by molar-refractivity contribution is 5.93. The molecule has 0 unspecified atom stereocenters. The van der Waals surface area contributed by atoms with E-state index in [0.717, 1.165) is 0 Å². The van der Waals surface area contributed by atoms with Crippen molar-refractivity contribution in [3.05, 3.63) is 81.7 Å². The van der Waals surface area contributed by atoms with Gasteiger partial charge in [-0.15, -0.1) is 0 Å². The summed E-state index contributed by atoms with van der Waals surface area (Å²) in [5, 5.41) is 11.2. The van der Waals surface area contributed by atoms with E-state index in [0.29, 0.717) is 10.5 Å². The summed E-state index contributed by atoms with van der Waals surface area (Å²) in [6.45, 7) is -0.781. The molecule has 30 heavy (non-hydrogen) atoms. The summed E-state index contributed by atoms with van der Waals surface area (Å²) in [5.41, 5.74) is -0.124. The van der Waals surface area contributed by atoms with Gasteiger partial charge in [-0.3, -0.25) is 14.9 Å². The van der Waals surface area contributed by atoms with E-state index in [1.165, 1.54) is 31.2 Å². The number of carbonyl (C=O) groups is 1. The molecular formula is C20H16F3N3O4. The van der Waals surface area contributed by atoms with E-state index >= 15 is 0 Å². The molecule has 7 nitrogen and oxygen atoms in total. The van der Waals surface area contributed by atoms with Gasteiger partial charge < -0.3 is 9.32 Å². The molecule has 0 saturated heterocycles. The molecule has 3 rings (SSSR count). The smallest absolute Gasteiger partial charge is 0.406 e. The normalized spacial score (nSPS) is 11.3. The first kappa shape index (κ1) is 21.0. The molecule has 0 saturated carbocycles. The van der Waals surface area contributed by atoms with Gasteiger partial charge in [0, 0.05) is 17.2 Å². The Morgan fingerprint density at radius 1 is 1.13 bits per heavy atom. The van der Waals surface area contributed by atoms with Crippen molar-refractivity contribution in [3.8, 4) is 11.5 Å². The standard InChI is InChI=1S/C20H16F3N3O4/c1-13-17(24-18(30-13)14-7-3-2-4-8-14)19(27)25(12-20(21,22)23)11-15-9-5-6-10-16(15)26(28)29/h2-10H,11-12H2,1H3. The quantitative estimate of drug-likeness (QED) is 0.424. The number of oxazole rings is 1. The van der Waals surface area contributed by atoms with E-state index in [1.54, 1.807) is 30.3 Å². The first-order valence-electron chi connectivity index (χ1n) is 8.77. The molecule has 10 heteroatoms. The molecule has 0 aliphatic rings. The summed E-state index contributed by atoms with van der Waals surface area (Å²) < 4.78 is 44.9. The van der Waals surface area contributed by atoms with Crippen molar-refractivity contribution >= 4 is 11.6 Å². The molecular weight excluding hydrogens is 403 g/mol. The van der Waals surface area contributed by atoms with E-state index in [2.05, 4.69) is 4.98 Å². The van der Waals surface area contributed by atoms with Crippen LogP contribution in [0.5, 0.6) is 0 Å². The van der Waals surface area contributed by atoms with Gasteiger partial charge in [-0.2, -0.15) is 13.2 Å². The number of alkyl halides is 3. The molecule has 156 valence electrons. The van der Waals surface area contributed by atoms with Crippen LogP contribution in [0.1, 0.15) is 21.8 Å². The lowest BCUT2D eigenvalue weighted by atomic mass is 10.1. The van der Waals surface area contributed by atoms with Gasteiger partial charge in [-0.05, 0) is 19.1 Å². The van der Waals surface area contributed by atoms with E-state index in [1.807, 2.05) is 0 Å². The molecule has 0 spiro atoms. The number of carbonyl (C=O) groups excluding carboxylic acids is 1. The topological polar surface area (TPSA) is 89.5 Å². The van der Waals surface area contributed by atoms with Crippen molar-refractivity contribution in [2.24, 2.45) is 0 Å². The molecule has 0 fully saturated rings. The maximum absolute atomic E-state index is 13.1. The zero-order chi connectivity index (χ0) is 21.9. The van der Waals surface area contributed by atoms with Crippen LogP contribution < -0.4 is 0 Å². The Labute approximate surface area is 168 Å². The van der Waals surface area contributed by atoms with Crippen molar-refractivity contribution < 1.29 is 27.3 Å². The molecule has 1 heterocycles. The number of rotatable bonds is 6. The lowest BCUT2D eigenvalue weighted by Crippen LogP contribution is -2.39. The van der Waals surface area contributed by atoms with E-state index in [4.69, 9.17) is 4.42 Å². The third-order valence-electron chi connectivity index (χ3n) is 4.23. The van der Waals surface area contributed by atoms with Crippen molar-refractivity contribution in [2.75, 3.05) is 6.54 Å². The van der Waals surface area contributed by atoms with E-state index in [-0.39, 0.29) is 28.6 Å². The Morgan fingerprint density at radius 2 is 1.77 bits per heavy atom. The summed E-state index contributed by atoms with van der Waals surface area (Å²) >= 11 is 0. The molecule has 0 bridgehead atoms. The van der Waals surface area contributed by atoms with Crippen LogP contribution in [0.3, 0.4) is 0 Å². The average Bonchev–Trinajstić information content (AvgIpc) is 3.08. The number of benzene rings is 2. The molecule has 0 aliphatic heterocycles. The van der Waals surface area contributed by atoms with Gasteiger partial charge in [0.1, 0.15) is 12.3 Å². The first-order chi connectivity index (χ1) is 14.2. The van der Waals surface area contributed by atoms with Crippen LogP contribution in [0.25, 0.3) is 11.5 Å². The Hall–Kier alpha value is -3.69. The fourth-order valence-electron chi connectivity index (χ4n) is 2.89. The van der Waals surface area contributed by atoms with E-state index in [9.17, 15) is 28.1 Å². The number of nitro benzene ring substituents is 1.